The van der Waals surface area contributed by atoms with Crippen LogP contribution in [0.5, 0.6) is 5.75 Å². The van der Waals surface area contributed by atoms with Crippen LogP contribution in [-0.2, 0) is 30.3 Å². The fourth-order valence-electron chi connectivity index (χ4n) is 2.72. The van der Waals surface area contributed by atoms with Gasteiger partial charge in [-0.25, -0.2) is 0 Å². The van der Waals surface area contributed by atoms with Crippen LogP contribution in [0, 0.1) is 0 Å². The first kappa shape index (κ1) is 15.4. The minimum Gasteiger partial charge on any atom is -0.497 e. The monoisotopic (exact) mass is 308 g/mol. The van der Waals surface area contributed by atoms with Gasteiger partial charge in [-0.05, 0) is 31.5 Å². The second-order valence-electron chi connectivity index (χ2n) is 5.83. The summed E-state index contributed by atoms with van der Waals surface area (Å²) in [6, 6.07) is 7.56. The van der Waals surface area contributed by atoms with Crippen molar-refractivity contribution in [1.29, 1.82) is 0 Å². The first-order valence-electron chi connectivity index (χ1n) is 7.23. The van der Waals surface area contributed by atoms with Crippen LogP contribution in [0.3, 0.4) is 0 Å². The molecule has 2 aliphatic heterocycles. The van der Waals surface area contributed by atoms with Crippen LogP contribution < -0.4 is 4.74 Å². The van der Waals surface area contributed by atoms with Gasteiger partial charge in [0.25, 0.3) is 0 Å². The van der Waals surface area contributed by atoms with Crippen LogP contribution in [0.4, 0.5) is 0 Å². The Morgan fingerprint density at radius 3 is 2.59 bits per heavy atom. The first-order valence-corrected chi connectivity index (χ1v) is 7.23. The summed E-state index contributed by atoms with van der Waals surface area (Å²) >= 11 is 0. The number of benzene rings is 1. The van der Waals surface area contributed by atoms with E-state index in [0.29, 0.717) is 6.61 Å². The van der Waals surface area contributed by atoms with Crippen molar-refractivity contribution in [2.24, 2.45) is 0 Å². The number of hydrogen-bond acceptors (Lipinski definition) is 6. The van der Waals surface area contributed by atoms with E-state index in [4.69, 9.17) is 23.7 Å². The molecule has 120 valence electrons. The fraction of sp³-hybridized carbons (Fsp3) is 0.562. The number of fused-ring (bicyclic) bond motifs is 1. The number of carbonyl (C=O) groups is 1. The summed E-state index contributed by atoms with van der Waals surface area (Å²) in [6.07, 6.45) is -1.39. The third-order valence-electron chi connectivity index (χ3n) is 3.76. The smallest absolute Gasteiger partial charge is 0.190 e. The van der Waals surface area contributed by atoms with E-state index < -0.39 is 30.4 Å². The van der Waals surface area contributed by atoms with Crippen LogP contribution >= 0.6 is 0 Å². The molecule has 0 spiro atoms. The van der Waals surface area contributed by atoms with E-state index >= 15 is 0 Å². The van der Waals surface area contributed by atoms with Crippen molar-refractivity contribution in [2.45, 2.75) is 50.8 Å². The Morgan fingerprint density at radius 2 is 1.95 bits per heavy atom. The van der Waals surface area contributed by atoms with E-state index in [-0.39, 0.29) is 0 Å². The van der Waals surface area contributed by atoms with Crippen molar-refractivity contribution >= 4 is 6.29 Å². The van der Waals surface area contributed by atoms with Gasteiger partial charge in [0.1, 0.15) is 24.1 Å². The summed E-state index contributed by atoms with van der Waals surface area (Å²) in [5.74, 6) is 0.0540. The maximum Gasteiger partial charge on any atom is 0.190 e. The molecule has 1 aromatic carbocycles. The summed E-state index contributed by atoms with van der Waals surface area (Å²) in [5.41, 5.74) is 0.979. The highest BCUT2D eigenvalue weighted by atomic mass is 16.8. The molecular weight excluding hydrogens is 288 g/mol. The Balaban J connectivity index is 1.65. The number of carbonyl (C=O) groups excluding carboxylic acids is 1. The molecule has 0 amide bonds. The average molecular weight is 308 g/mol. The molecule has 0 N–H and O–H groups in total. The SMILES string of the molecule is COc1ccc(COC2C(C=O)OC3OC(C)(C)OC32)cc1. The van der Waals surface area contributed by atoms with Gasteiger partial charge in [-0.2, -0.15) is 0 Å². The van der Waals surface area contributed by atoms with Crippen molar-refractivity contribution in [2.75, 3.05) is 7.11 Å². The lowest BCUT2D eigenvalue weighted by molar-refractivity contribution is -0.216. The zero-order chi connectivity index (χ0) is 15.7. The van der Waals surface area contributed by atoms with Crippen LogP contribution in [0.1, 0.15) is 19.4 Å². The Bertz CT molecular complexity index is 526. The van der Waals surface area contributed by atoms with Gasteiger partial charge in [0.05, 0.1) is 13.7 Å². The van der Waals surface area contributed by atoms with Crippen molar-refractivity contribution in [3.63, 3.8) is 0 Å². The van der Waals surface area contributed by atoms with Crippen molar-refractivity contribution < 1.29 is 28.5 Å². The molecule has 0 saturated carbocycles. The summed E-state index contributed by atoms with van der Waals surface area (Å²) in [6.45, 7) is 3.98. The predicted molar refractivity (Wildman–Crippen MR) is 76.3 cm³/mol. The molecule has 4 unspecified atom stereocenters. The van der Waals surface area contributed by atoms with Gasteiger partial charge in [-0.1, -0.05) is 12.1 Å². The second-order valence-corrected chi connectivity index (χ2v) is 5.83. The normalized spacial score (nSPS) is 32.7. The zero-order valence-corrected chi connectivity index (χ0v) is 12.9. The van der Waals surface area contributed by atoms with E-state index in [2.05, 4.69) is 0 Å². The number of hydrogen-bond donors (Lipinski definition) is 0. The number of ether oxygens (including phenoxy) is 5. The molecule has 6 heteroatoms. The molecule has 2 aliphatic rings. The number of methoxy groups -OCH3 is 1. The molecule has 22 heavy (non-hydrogen) atoms. The topological polar surface area (TPSA) is 63.2 Å². The van der Waals surface area contributed by atoms with Gasteiger partial charge in [0.15, 0.2) is 18.4 Å². The average Bonchev–Trinajstić information content (AvgIpc) is 2.97. The first-order chi connectivity index (χ1) is 10.5. The van der Waals surface area contributed by atoms with E-state index in [1.165, 1.54) is 0 Å². The minimum absolute atomic E-state index is 0.357. The molecule has 0 aliphatic carbocycles. The molecule has 0 aromatic heterocycles. The van der Waals surface area contributed by atoms with Crippen molar-refractivity contribution in [1.82, 2.24) is 0 Å². The molecule has 6 nitrogen and oxygen atoms in total. The van der Waals surface area contributed by atoms with E-state index in [1.54, 1.807) is 7.11 Å². The van der Waals surface area contributed by atoms with Gasteiger partial charge in [-0.3, -0.25) is 0 Å². The Morgan fingerprint density at radius 1 is 1.23 bits per heavy atom. The van der Waals surface area contributed by atoms with Crippen molar-refractivity contribution in [3.05, 3.63) is 29.8 Å². The Labute approximate surface area is 129 Å². The van der Waals surface area contributed by atoms with Crippen LogP contribution in [0.2, 0.25) is 0 Å². The molecule has 1 aromatic rings. The van der Waals surface area contributed by atoms with Crippen molar-refractivity contribution in [3.8, 4) is 5.75 Å². The van der Waals surface area contributed by atoms with Crippen LogP contribution in [0.25, 0.3) is 0 Å². The molecule has 2 saturated heterocycles. The summed E-state index contributed by atoms with van der Waals surface area (Å²) < 4.78 is 27.9. The second kappa shape index (κ2) is 5.96. The molecule has 2 heterocycles. The molecule has 0 radical (unpaired) electrons. The number of rotatable bonds is 5. The van der Waals surface area contributed by atoms with Crippen LogP contribution in [0.15, 0.2) is 24.3 Å². The fourth-order valence-corrected chi connectivity index (χ4v) is 2.72. The van der Waals surface area contributed by atoms with Gasteiger partial charge in [0.2, 0.25) is 0 Å². The molecule has 0 bridgehead atoms. The standard InChI is InChI=1S/C16H20O6/c1-16(2)21-14-13(12(8-17)20-15(14)22-16)19-9-10-4-6-11(18-3)7-5-10/h4-8,12-15H,9H2,1-3H3. The Hall–Kier alpha value is -1.47. The molecule has 3 rings (SSSR count). The largest absolute Gasteiger partial charge is 0.497 e. The quantitative estimate of drug-likeness (QED) is 0.771. The van der Waals surface area contributed by atoms with Gasteiger partial charge in [0, 0.05) is 0 Å². The highest BCUT2D eigenvalue weighted by Gasteiger charge is 2.55. The maximum atomic E-state index is 11.2. The third kappa shape index (κ3) is 3.01. The predicted octanol–water partition coefficient (Wildman–Crippen LogP) is 1.66. The van der Waals surface area contributed by atoms with E-state index in [0.717, 1.165) is 17.6 Å². The zero-order valence-electron chi connectivity index (χ0n) is 12.9. The highest BCUT2D eigenvalue weighted by Crippen LogP contribution is 2.38. The Kier molecular flexibility index (Phi) is 4.18. The lowest BCUT2D eigenvalue weighted by atomic mass is 10.1. The molecule has 4 atom stereocenters. The van der Waals surface area contributed by atoms with Gasteiger partial charge < -0.3 is 28.5 Å². The summed E-state index contributed by atoms with van der Waals surface area (Å²) in [5, 5.41) is 0. The van der Waals surface area contributed by atoms with E-state index in [1.807, 2.05) is 38.1 Å². The van der Waals surface area contributed by atoms with Gasteiger partial charge >= 0.3 is 0 Å². The summed E-state index contributed by atoms with van der Waals surface area (Å²) in [4.78, 5) is 11.2. The van der Waals surface area contributed by atoms with Crippen LogP contribution in [-0.4, -0.2) is 43.8 Å². The minimum atomic E-state index is -0.731. The molecular formula is C16H20O6. The number of aldehydes is 1. The van der Waals surface area contributed by atoms with E-state index in [9.17, 15) is 4.79 Å². The lowest BCUT2D eigenvalue weighted by Gasteiger charge is -2.23. The summed E-state index contributed by atoms with van der Waals surface area (Å²) in [7, 11) is 1.62. The van der Waals surface area contributed by atoms with Gasteiger partial charge in [-0.15, -0.1) is 0 Å². The molecule has 2 fully saturated rings. The lowest BCUT2D eigenvalue weighted by Crippen LogP contribution is -2.37. The highest BCUT2D eigenvalue weighted by molar-refractivity contribution is 5.58. The third-order valence-corrected chi connectivity index (χ3v) is 3.76. The maximum absolute atomic E-state index is 11.2.